The average molecular weight is 402 g/mol. The van der Waals surface area contributed by atoms with E-state index in [4.69, 9.17) is 0 Å². The summed E-state index contributed by atoms with van der Waals surface area (Å²) in [4.78, 5) is 20.2. The van der Waals surface area contributed by atoms with E-state index in [2.05, 4.69) is 32.6 Å². The van der Waals surface area contributed by atoms with Crippen LogP contribution in [0, 0.1) is 9.39 Å². The summed E-state index contributed by atoms with van der Waals surface area (Å²) < 4.78 is 13.5. The highest BCUT2D eigenvalue weighted by Gasteiger charge is 2.28. The predicted molar refractivity (Wildman–Crippen MR) is 85.5 cm³/mol. The minimum Gasteiger partial charge on any atom is -0.309 e. The van der Waals surface area contributed by atoms with Gasteiger partial charge in [0.25, 0.3) is 5.56 Å². The SMILES string of the molecule is O=c1[nH]c(CSc2ccc(F)cc2)nc(C2CC2)c1I. The number of nitrogens with zero attached hydrogens (tertiary/aromatic N) is 1. The van der Waals surface area contributed by atoms with Crippen molar-refractivity contribution >= 4 is 34.4 Å². The molecule has 0 saturated heterocycles. The zero-order valence-electron chi connectivity index (χ0n) is 10.5. The number of aromatic amines is 1. The fourth-order valence-electron chi connectivity index (χ4n) is 1.90. The van der Waals surface area contributed by atoms with Crippen LogP contribution < -0.4 is 5.56 Å². The highest BCUT2D eigenvalue weighted by atomic mass is 127. The van der Waals surface area contributed by atoms with E-state index < -0.39 is 0 Å². The predicted octanol–water partition coefficient (Wildman–Crippen LogP) is 3.68. The minimum absolute atomic E-state index is 0.0581. The number of aromatic nitrogens is 2. The summed E-state index contributed by atoms with van der Waals surface area (Å²) >= 11 is 3.60. The highest BCUT2D eigenvalue weighted by molar-refractivity contribution is 14.1. The number of hydrogen-bond donors (Lipinski definition) is 1. The molecule has 0 aliphatic heterocycles. The number of hydrogen-bond acceptors (Lipinski definition) is 3. The van der Waals surface area contributed by atoms with Crippen molar-refractivity contribution in [2.24, 2.45) is 0 Å². The van der Waals surface area contributed by atoms with Gasteiger partial charge >= 0.3 is 0 Å². The molecule has 3 nitrogen and oxygen atoms in total. The van der Waals surface area contributed by atoms with E-state index in [9.17, 15) is 9.18 Å². The Morgan fingerprint density at radius 3 is 2.70 bits per heavy atom. The number of benzene rings is 1. The Hall–Kier alpha value is -0.890. The molecule has 0 spiro atoms. The van der Waals surface area contributed by atoms with Gasteiger partial charge in [-0.15, -0.1) is 11.8 Å². The van der Waals surface area contributed by atoms with Gasteiger partial charge in [0.15, 0.2) is 0 Å². The second kappa shape index (κ2) is 5.85. The van der Waals surface area contributed by atoms with Gasteiger partial charge in [-0.1, -0.05) is 0 Å². The molecule has 1 heterocycles. The van der Waals surface area contributed by atoms with Crippen molar-refractivity contribution in [1.82, 2.24) is 9.97 Å². The lowest BCUT2D eigenvalue weighted by Crippen LogP contribution is -2.17. The van der Waals surface area contributed by atoms with Crippen LogP contribution in [0.4, 0.5) is 4.39 Å². The molecule has 1 aromatic carbocycles. The molecule has 20 heavy (non-hydrogen) atoms. The molecule has 3 rings (SSSR count). The van der Waals surface area contributed by atoms with Crippen molar-refractivity contribution in [3.8, 4) is 0 Å². The summed E-state index contributed by atoms with van der Waals surface area (Å²) in [5, 5.41) is 0. The van der Waals surface area contributed by atoms with Crippen LogP contribution in [-0.2, 0) is 5.75 Å². The minimum atomic E-state index is -0.244. The number of thioether (sulfide) groups is 1. The normalized spacial score (nSPS) is 14.5. The van der Waals surface area contributed by atoms with E-state index in [1.54, 1.807) is 12.1 Å². The maximum Gasteiger partial charge on any atom is 0.264 e. The molecule has 1 aliphatic carbocycles. The van der Waals surface area contributed by atoms with Crippen LogP contribution in [0.3, 0.4) is 0 Å². The van der Waals surface area contributed by atoms with Crippen LogP contribution in [0.1, 0.15) is 30.3 Å². The molecular formula is C14H12FIN2OS. The summed E-state index contributed by atoms with van der Waals surface area (Å²) in [5.41, 5.74) is 0.876. The van der Waals surface area contributed by atoms with E-state index in [1.165, 1.54) is 23.9 Å². The smallest absolute Gasteiger partial charge is 0.264 e. The Labute approximate surface area is 133 Å². The molecule has 1 fully saturated rings. The van der Waals surface area contributed by atoms with Crippen LogP contribution in [0.5, 0.6) is 0 Å². The first-order chi connectivity index (χ1) is 9.63. The Morgan fingerprint density at radius 2 is 2.05 bits per heavy atom. The van der Waals surface area contributed by atoms with Crippen molar-refractivity contribution in [2.75, 3.05) is 0 Å². The molecule has 1 aliphatic rings. The van der Waals surface area contributed by atoms with Crippen LogP contribution >= 0.6 is 34.4 Å². The Bertz CT molecular complexity index is 683. The number of H-pyrrole nitrogens is 1. The lowest BCUT2D eigenvalue weighted by atomic mass is 10.3. The Kier molecular flexibility index (Phi) is 4.11. The fraction of sp³-hybridized carbons (Fsp3) is 0.286. The average Bonchev–Trinajstić information content (AvgIpc) is 3.26. The Morgan fingerprint density at radius 1 is 1.35 bits per heavy atom. The number of nitrogens with one attached hydrogen (secondary N) is 1. The largest absolute Gasteiger partial charge is 0.309 e. The van der Waals surface area contributed by atoms with E-state index in [1.807, 2.05) is 0 Å². The zero-order chi connectivity index (χ0) is 14.1. The second-order valence-electron chi connectivity index (χ2n) is 4.73. The van der Waals surface area contributed by atoms with Gasteiger partial charge in [-0.25, -0.2) is 9.37 Å². The third-order valence-electron chi connectivity index (χ3n) is 3.09. The molecule has 1 N–H and O–H groups in total. The molecule has 2 aromatic rings. The van der Waals surface area contributed by atoms with Crippen molar-refractivity contribution in [1.29, 1.82) is 0 Å². The monoisotopic (exact) mass is 402 g/mol. The first kappa shape index (κ1) is 14.1. The summed E-state index contributed by atoms with van der Waals surface area (Å²) in [6, 6.07) is 6.32. The summed E-state index contributed by atoms with van der Waals surface area (Å²) in [5.74, 6) is 1.48. The lowest BCUT2D eigenvalue weighted by molar-refractivity contribution is 0.626. The van der Waals surface area contributed by atoms with Gasteiger partial charge in [0.1, 0.15) is 11.6 Å². The Balaban J connectivity index is 1.77. The van der Waals surface area contributed by atoms with Gasteiger partial charge in [0.05, 0.1) is 15.0 Å². The molecule has 1 aromatic heterocycles. The van der Waals surface area contributed by atoms with Gasteiger partial charge in [-0.05, 0) is 59.7 Å². The second-order valence-corrected chi connectivity index (χ2v) is 6.86. The summed E-state index contributed by atoms with van der Waals surface area (Å²) in [6.07, 6.45) is 2.24. The van der Waals surface area contributed by atoms with Crippen LogP contribution in [0.25, 0.3) is 0 Å². The van der Waals surface area contributed by atoms with Crippen molar-refractivity contribution < 1.29 is 4.39 Å². The van der Waals surface area contributed by atoms with Crippen LogP contribution in [0.15, 0.2) is 34.0 Å². The van der Waals surface area contributed by atoms with Gasteiger partial charge < -0.3 is 4.98 Å². The zero-order valence-corrected chi connectivity index (χ0v) is 13.5. The highest BCUT2D eigenvalue weighted by Crippen LogP contribution is 2.40. The van der Waals surface area contributed by atoms with E-state index >= 15 is 0 Å². The van der Waals surface area contributed by atoms with Crippen molar-refractivity contribution in [3.05, 3.63) is 55.5 Å². The molecule has 0 atom stereocenters. The molecule has 0 unspecified atom stereocenters. The van der Waals surface area contributed by atoms with Crippen LogP contribution in [0.2, 0.25) is 0 Å². The lowest BCUT2D eigenvalue weighted by Gasteiger charge is -2.06. The van der Waals surface area contributed by atoms with E-state index in [-0.39, 0.29) is 11.4 Å². The molecule has 6 heteroatoms. The van der Waals surface area contributed by atoms with Gasteiger partial charge in [-0.2, -0.15) is 0 Å². The quantitative estimate of drug-likeness (QED) is 0.627. The van der Waals surface area contributed by atoms with Crippen molar-refractivity contribution in [2.45, 2.75) is 29.4 Å². The van der Waals surface area contributed by atoms with E-state index in [0.717, 1.165) is 23.4 Å². The maximum atomic E-state index is 12.8. The summed E-state index contributed by atoms with van der Waals surface area (Å²) in [6.45, 7) is 0. The summed E-state index contributed by atoms with van der Waals surface area (Å²) in [7, 11) is 0. The molecule has 1 saturated carbocycles. The van der Waals surface area contributed by atoms with Gasteiger partial charge in [-0.3, -0.25) is 4.79 Å². The molecule has 104 valence electrons. The molecule has 0 radical (unpaired) electrons. The fourth-order valence-corrected chi connectivity index (χ4v) is 3.37. The van der Waals surface area contributed by atoms with Crippen LogP contribution in [-0.4, -0.2) is 9.97 Å². The first-order valence-corrected chi connectivity index (χ1v) is 8.37. The maximum absolute atomic E-state index is 12.8. The number of rotatable bonds is 4. The van der Waals surface area contributed by atoms with Crippen molar-refractivity contribution in [3.63, 3.8) is 0 Å². The standard InChI is InChI=1S/C14H12FIN2OS/c15-9-3-5-10(6-4-9)20-7-11-17-13(8-1-2-8)12(16)14(19)18-11/h3-6,8H,1-2,7H2,(H,17,18,19). The third-order valence-corrected chi connectivity index (χ3v) is 5.16. The van der Waals surface area contributed by atoms with E-state index in [0.29, 0.717) is 21.1 Å². The number of halogens is 2. The van der Waals surface area contributed by atoms with Gasteiger partial charge in [0.2, 0.25) is 0 Å². The molecular weight excluding hydrogens is 390 g/mol. The molecule has 0 bridgehead atoms. The third kappa shape index (κ3) is 3.22. The topological polar surface area (TPSA) is 45.8 Å². The van der Waals surface area contributed by atoms with Gasteiger partial charge in [0, 0.05) is 10.8 Å². The molecule has 0 amide bonds. The first-order valence-electron chi connectivity index (χ1n) is 6.30.